The van der Waals surface area contributed by atoms with Crippen molar-refractivity contribution < 1.29 is 14.3 Å². The van der Waals surface area contributed by atoms with E-state index in [1.807, 2.05) is 29.2 Å². The number of carbonyl (C=O) groups excluding carboxylic acids is 1. The molecule has 1 N–H and O–H groups in total. The van der Waals surface area contributed by atoms with E-state index in [-0.39, 0.29) is 5.91 Å². The van der Waals surface area contributed by atoms with Crippen LogP contribution in [0.2, 0.25) is 0 Å². The Kier molecular flexibility index (Phi) is 6.58. The summed E-state index contributed by atoms with van der Waals surface area (Å²) in [6.45, 7) is 7.27. The predicted molar refractivity (Wildman–Crippen MR) is 120 cm³/mol. The Balaban J connectivity index is 1.38. The fraction of sp³-hybridized carbons (Fsp3) is 0.480. The summed E-state index contributed by atoms with van der Waals surface area (Å²) in [5.41, 5.74) is 3.42. The first-order valence-electron chi connectivity index (χ1n) is 11.2. The maximum atomic E-state index is 13.0. The largest absolute Gasteiger partial charge is 0.492 e. The molecular formula is C25H32N2O3. The molecule has 1 heterocycles. The molecule has 0 aromatic heterocycles. The van der Waals surface area contributed by atoms with Crippen molar-refractivity contribution in [3.05, 3.63) is 53.6 Å². The van der Waals surface area contributed by atoms with E-state index in [2.05, 4.69) is 37.4 Å². The highest BCUT2D eigenvalue weighted by molar-refractivity contribution is 5.99. The van der Waals surface area contributed by atoms with Crippen molar-refractivity contribution in [2.75, 3.05) is 31.1 Å². The second kappa shape index (κ2) is 9.52. The van der Waals surface area contributed by atoms with E-state index in [1.165, 1.54) is 18.4 Å². The topological polar surface area (TPSA) is 50.8 Å². The Morgan fingerprint density at radius 1 is 1.07 bits per heavy atom. The predicted octanol–water partition coefficient (Wildman–Crippen LogP) is 4.30. The second-order valence-corrected chi connectivity index (χ2v) is 8.08. The Labute approximate surface area is 179 Å². The van der Waals surface area contributed by atoms with Gasteiger partial charge in [0.1, 0.15) is 18.1 Å². The van der Waals surface area contributed by atoms with Crippen molar-refractivity contribution in [1.82, 2.24) is 5.32 Å². The van der Waals surface area contributed by atoms with Crippen molar-refractivity contribution in [2.24, 2.45) is 0 Å². The lowest BCUT2D eigenvalue weighted by molar-refractivity contribution is -0.122. The summed E-state index contributed by atoms with van der Waals surface area (Å²) in [5.74, 6) is 2.43. The van der Waals surface area contributed by atoms with Gasteiger partial charge in [-0.05, 0) is 73.2 Å². The third-order valence-electron chi connectivity index (χ3n) is 5.89. The number of amides is 1. The summed E-state index contributed by atoms with van der Waals surface area (Å²) in [6, 6.07) is 14.3. The number of nitrogens with one attached hydrogen (secondary N) is 1. The minimum atomic E-state index is -0.419. The van der Waals surface area contributed by atoms with Gasteiger partial charge in [-0.1, -0.05) is 26.0 Å². The fourth-order valence-electron chi connectivity index (χ4n) is 3.98. The van der Waals surface area contributed by atoms with Crippen molar-refractivity contribution >= 4 is 11.6 Å². The van der Waals surface area contributed by atoms with Crippen LogP contribution in [0, 0.1) is 0 Å². The molecule has 5 heteroatoms. The highest BCUT2D eigenvalue weighted by atomic mass is 16.5. The van der Waals surface area contributed by atoms with Crippen molar-refractivity contribution in [2.45, 2.75) is 51.6 Å². The van der Waals surface area contributed by atoms with E-state index in [0.717, 1.165) is 48.2 Å². The lowest BCUT2D eigenvalue weighted by Gasteiger charge is -2.20. The first-order chi connectivity index (χ1) is 14.7. The van der Waals surface area contributed by atoms with Gasteiger partial charge in [0, 0.05) is 25.2 Å². The summed E-state index contributed by atoms with van der Waals surface area (Å²) in [6.07, 6.45) is 3.72. The van der Waals surface area contributed by atoms with Crippen LogP contribution in [0.25, 0.3) is 0 Å². The van der Waals surface area contributed by atoms with Crippen LogP contribution in [-0.2, 0) is 11.2 Å². The molecule has 2 aromatic rings. The van der Waals surface area contributed by atoms with E-state index in [9.17, 15) is 4.79 Å². The molecule has 0 radical (unpaired) electrons. The number of rotatable bonds is 10. The molecule has 1 amide bonds. The minimum Gasteiger partial charge on any atom is -0.492 e. The van der Waals surface area contributed by atoms with E-state index in [4.69, 9.17) is 9.47 Å². The van der Waals surface area contributed by atoms with E-state index >= 15 is 0 Å². The Morgan fingerprint density at radius 3 is 2.57 bits per heavy atom. The van der Waals surface area contributed by atoms with Gasteiger partial charge in [0.2, 0.25) is 0 Å². The number of aryl methyl sites for hydroxylation is 1. The molecule has 1 atom stereocenters. The molecule has 1 saturated heterocycles. The molecule has 2 fully saturated rings. The molecule has 5 nitrogen and oxygen atoms in total. The summed E-state index contributed by atoms with van der Waals surface area (Å²) < 4.78 is 11.9. The van der Waals surface area contributed by atoms with Crippen LogP contribution in [0.5, 0.6) is 11.5 Å². The van der Waals surface area contributed by atoms with Crippen LogP contribution in [-0.4, -0.2) is 38.3 Å². The third-order valence-corrected chi connectivity index (χ3v) is 5.89. The quantitative estimate of drug-likeness (QED) is 0.596. The van der Waals surface area contributed by atoms with Gasteiger partial charge >= 0.3 is 0 Å². The van der Waals surface area contributed by atoms with E-state index < -0.39 is 6.10 Å². The smallest absolute Gasteiger partial charge is 0.268 e. The summed E-state index contributed by atoms with van der Waals surface area (Å²) in [4.78, 5) is 14.8. The van der Waals surface area contributed by atoms with Crippen LogP contribution >= 0.6 is 0 Å². The van der Waals surface area contributed by atoms with Gasteiger partial charge in [-0.2, -0.15) is 0 Å². The van der Waals surface area contributed by atoms with Crippen molar-refractivity contribution in [3.63, 3.8) is 0 Å². The van der Waals surface area contributed by atoms with Crippen LogP contribution < -0.4 is 19.7 Å². The number of anilines is 1. The number of hydrogen-bond donors (Lipinski definition) is 1. The van der Waals surface area contributed by atoms with Gasteiger partial charge in [-0.25, -0.2) is 0 Å². The molecule has 1 saturated carbocycles. The lowest BCUT2D eigenvalue weighted by atomic mass is 10.1. The van der Waals surface area contributed by atoms with Gasteiger partial charge in [-0.15, -0.1) is 0 Å². The molecule has 30 heavy (non-hydrogen) atoms. The highest BCUT2D eigenvalue weighted by Gasteiger charge is 2.34. The molecule has 1 aliphatic carbocycles. The first kappa shape index (κ1) is 20.7. The number of nitrogens with zero attached hydrogens (tertiary/aromatic N) is 1. The SMILES string of the molecule is CCNCCOc1ccc(N2CC[C@H](Oc3ccc(C4CC4)cc3)C2=O)cc1CC. The minimum absolute atomic E-state index is 0.0316. The standard InChI is InChI=1S/C25H32N2O3/c1-3-18-17-21(9-12-23(18)29-16-14-26-4-2)27-15-13-24(25(27)28)30-22-10-7-20(8-11-22)19-5-6-19/h7-12,17,19,24,26H,3-6,13-16H2,1-2H3/t24-/m0/s1. The van der Waals surface area contributed by atoms with Gasteiger partial charge < -0.3 is 19.7 Å². The Morgan fingerprint density at radius 2 is 1.87 bits per heavy atom. The monoisotopic (exact) mass is 408 g/mol. The number of likely N-dealkylation sites (N-methyl/N-ethyl adjacent to an activating group) is 1. The van der Waals surface area contributed by atoms with E-state index in [1.54, 1.807) is 0 Å². The molecular weight excluding hydrogens is 376 g/mol. The van der Waals surface area contributed by atoms with Crippen molar-refractivity contribution in [1.29, 1.82) is 0 Å². The maximum absolute atomic E-state index is 13.0. The number of carbonyl (C=O) groups is 1. The molecule has 0 unspecified atom stereocenters. The average Bonchev–Trinajstić information content (AvgIpc) is 3.56. The molecule has 4 rings (SSSR count). The Bertz CT molecular complexity index is 861. The normalized spacial score (nSPS) is 18.7. The summed E-state index contributed by atoms with van der Waals surface area (Å²) in [5, 5.41) is 3.26. The maximum Gasteiger partial charge on any atom is 0.268 e. The highest BCUT2D eigenvalue weighted by Crippen LogP contribution is 2.40. The number of benzene rings is 2. The average molecular weight is 409 g/mol. The molecule has 2 aliphatic rings. The van der Waals surface area contributed by atoms with Crippen LogP contribution in [0.3, 0.4) is 0 Å². The second-order valence-electron chi connectivity index (χ2n) is 8.08. The van der Waals surface area contributed by atoms with Crippen LogP contribution in [0.1, 0.15) is 50.2 Å². The first-order valence-corrected chi connectivity index (χ1v) is 11.2. The van der Waals surface area contributed by atoms with Crippen LogP contribution in [0.15, 0.2) is 42.5 Å². The Hall–Kier alpha value is -2.53. The van der Waals surface area contributed by atoms with E-state index in [0.29, 0.717) is 19.6 Å². The molecule has 1 aliphatic heterocycles. The zero-order chi connectivity index (χ0) is 20.9. The molecule has 2 aromatic carbocycles. The fourth-order valence-corrected chi connectivity index (χ4v) is 3.98. The van der Waals surface area contributed by atoms with Gasteiger partial charge in [0.05, 0.1) is 0 Å². The van der Waals surface area contributed by atoms with Gasteiger partial charge in [0.25, 0.3) is 5.91 Å². The third kappa shape index (κ3) is 4.78. The van der Waals surface area contributed by atoms with Gasteiger partial charge in [-0.3, -0.25) is 4.79 Å². The number of hydrogen-bond acceptors (Lipinski definition) is 4. The zero-order valence-corrected chi connectivity index (χ0v) is 18.0. The molecule has 0 spiro atoms. The van der Waals surface area contributed by atoms with Crippen molar-refractivity contribution in [3.8, 4) is 11.5 Å². The van der Waals surface area contributed by atoms with Gasteiger partial charge in [0.15, 0.2) is 6.10 Å². The zero-order valence-electron chi connectivity index (χ0n) is 18.0. The molecule has 0 bridgehead atoms. The lowest BCUT2D eigenvalue weighted by Crippen LogP contribution is -2.32. The summed E-state index contributed by atoms with van der Waals surface area (Å²) >= 11 is 0. The van der Waals surface area contributed by atoms with Crippen LogP contribution in [0.4, 0.5) is 5.69 Å². The summed E-state index contributed by atoms with van der Waals surface area (Å²) in [7, 11) is 0. The number of ether oxygens (including phenoxy) is 2. The molecule has 160 valence electrons.